The Hall–Kier alpha value is -6.31. The van der Waals surface area contributed by atoms with E-state index in [1.54, 1.807) is 12.1 Å². The number of esters is 2. The minimum atomic E-state index is -4.72. The lowest BCUT2D eigenvalue weighted by molar-refractivity contribution is -0.161. The summed E-state index contributed by atoms with van der Waals surface area (Å²) in [5.41, 5.74) is 6.38. The number of nitrogens with one attached hydrogen (secondary N) is 5. The van der Waals surface area contributed by atoms with Crippen LogP contribution in [0.25, 0.3) is 11.2 Å². The van der Waals surface area contributed by atoms with Gasteiger partial charge in [0.25, 0.3) is 11.5 Å². The summed E-state index contributed by atoms with van der Waals surface area (Å²) in [6.07, 6.45) is 35.2. The molecule has 0 spiro atoms. The molecule has 12 N–H and O–H groups in total. The topological polar surface area (TPSA) is 396 Å². The van der Waals surface area contributed by atoms with Gasteiger partial charge in [-0.05, 0) is 43.5 Å². The number of phosphoric ester groups is 1. The second-order valence-electron chi connectivity index (χ2n) is 23.1. The van der Waals surface area contributed by atoms with Gasteiger partial charge < -0.3 is 62.1 Å². The van der Waals surface area contributed by atoms with Gasteiger partial charge >= 0.3 is 31.8 Å². The summed E-state index contributed by atoms with van der Waals surface area (Å²) in [7, 11) is -4.72. The minimum absolute atomic E-state index is 0. The van der Waals surface area contributed by atoms with Gasteiger partial charge in [-0.2, -0.15) is 4.98 Å². The molecule has 0 aliphatic carbocycles. The van der Waals surface area contributed by atoms with E-state index >= 15 is 0 Å². The lowest BCUT2D eigenvalue weighted by atomic mass is 10.0. The highest BCUT2D eigenvalue weighted by atomic mass is 31.2. The van der Waals surface area contributed by atoms with E-state index in [2.05, 4.69) is 55.1 Å². The summed E-state index contributed by atoms with van der Waals surface area (Å²) in [5, 5.41) is 20.2. The summed E-state index contributed by atoms with van der Waals surface area (Å²) in [5.74, 6) is -3.54. The molecule has 2 aromatic heterocycles. The van der Waals surface area contributed by atoms with Crippen molar-refractivity contribution in [3.63, 3.8) is 0 Å². The molecule has 27 heteroatoms. The summed E-state index contributed by atoms with van der Waals surface area (Å²) < 4.78 is 44.4. The lowest BCUT2D eigenvalue weighted by Crippen LogP contribution is -2.41. The molecule has 0 saturated carbocycles. The molecule has 2 heterocycles. The van der Waals surface area contributed by atoms with Crippen LogP contribution in [-0.2, 0) is 58.3 Å². The Labute approximate surface area is 544 Å². The lowest BCUT2D eigenvalue weighted by Gasteiger charge is -2.20. The summed E-state index contributed by atoms with van der Waals surface area (Å²) in [6, 6.07) is 4.81. The number of ether oxygens (including phenoxy) is 4. The van der Waals surface area contributed by atoms with Gasteiger partial charge in [0.05, 0.1) is 44.9 Å². The quantitative estimate of drug-likeness (QED) is 0.0110. The number of aromatic amines is 1. The zero-order chi connectivity index (χ0) is 66.0. The van der Waals surface area contributed by atoms with Crippen LogP contribution in [0.4, 0.5) is 16.4 Å². The average Bonchev–Trinajstić information content (AvgIpc) is 0.881. The van der Waals surface area contributed by atoms with Crippen LogP contribution >= 0.6 is 7.82 Å². The number of carbonyl (C=O) groups is 6. The fraction of sp³-hybridized carbons (Fsp3) is 0.723. The van der Waals surface area contributed by atoms with Gasteiger partial charge in [-0.1, -0.05) is 194 Å². The first-order valence-electron chi connectivity index (χ1n) is 33.7. The van der Waals surface area contributed by atoms with Gasteiger partial charge in [0.15, 0.2) is 17.3 Å². The van der Waals surface area contributed by atoms with Gasteiger partial charge in [-0.25, -0.2) is 24.1 Å². The summed E-state index contributed by atoms with van der Waals surface area (Å²) in [6.45, 7) is 2.91. The number of amides is 3. The second kappa shape index (κ2) is 52.1. The predicted molar refractivity (Wildman–Crippen MR) is 354 cm³/mol. The van der Waals surface area contributed by atoms with Crippen LogP contribution in [0.5, 0.6) is 0 Å². The standard InChI is InChI=1S/C65H108N9O16P.H3N/c1-3-5-7-9-11-13-15-17-19-21-23-25-27-29-31-33-57(76)87-49-54(90-58(77)34-32-30-28-26-24-22-20-18-16-14-12-10-8-6-4-2)50-89-91(83,84)88-44-42-68-65(82)86-46-45-85-43-41-67-56(75)40-39-55(63(80)81)72-61(78)51-35-37-52(38-36-51)69-47-53-48-70-60-59(71-53)62(79)74-64(66)73-60;/h35-38,48,54-55,69H,3-34,39-47,49-50H2,1-2H3,(H,67,75)(H,68,82)(H,72,78)(H,80,81)(H,83,84)(H3,66,70,73,74,79);1H3. The molecule has 0 bridgehead atoms. The van der Waals surface area contributed by atoms with Crippen molar-refractivity contribution in [2.75, 3.05) is 63.8 Å². The van der Waals surface area contributed by atoms with Crippen LogP contribution in [-0.4, -0.2) is 131 Å². The average molecular weight is 1320 g/mol. The molecule has 0 aliphatic heterocycles. The molecule has 3 amide bonds. The normalized spacial score (nSPS) is 12.5. The number of hydrogen-bond donors (Lipinski definition) is 9. The molecule has 3 unspecified atom stereocenters. The van der Waals surface area contributed by atoms with Crippen LogP contribution in [0, 0.1) is 0 Å². The Bertz CT molecular complexity index is 2620. The largest absolute Gasteiger partial charge is 0.480 e. The van der Waals surface area contributed by atoms with Crippen LogP contribution in [0.1, 0.15) is 248 Å². The highest BCUT2D eigenvalue weighted by molar-refractivity contribution is 7.47. The molecule has 0 saturated heterocycles. The third-order valence-corrected chi connectivity index (χ3v) is 16.1. The van der Waals surface area contributed by atoms with E-state index in [0.717, 1.165) is 38.5 Å². The Morgan fingerprint density at radius 1 is 0.620 bits per heavy atom. The van der Waals surface area contributed by atoms with Crippen molar-refractivity contribution in [3.05, 3.63) is 52.1 Å². The van der Waals surface area contributed by atoms with E-state index in [1.807, 2.05) is 0 Å². The Kier molecular flexibility index (Phi) is 46.3. The van der Waals surface area contributed by atoms with Gasteiger partial charge in [-0.3, -0.25) is 38.0 Å². The van der Waals surface area contributed by atoms with E-state index in [4.69, 9.17) is 33.7 Å². The van der Waals surface area contributed by atoms with Crippen LogP contribution in [0.15, 0.2) is 35.3 Å². The van der Waals surface area contributed by atoms with Crippen molar-refractivity contribution in [1.29, 1.82) is 0 Å². The highest BCUT2D eigenvalue weighted by Gasteiger charge is 2.27. The highest BCUT2D eigenvalue weighted by Crippen LogP contribution is 2.43. The van der Waals surface area contributed by atoms with Crippen LogP contribution in [0.2, 0.25) is 0 Å². The number of unbranched alkanes of at least 4 members (excludes halogenated alkanes) is 28. The zero-order valence-corrected chi connectivity index (χ0v) is 56.0. The molecule has 26 nitrogen and oxygen atoms in total. The van der Waals surface area contributed by atoms with E-state index in [9.17, 15) is 48.1 Å². The van der Waals surface area contributed by atoms with Crippen molar-refractivity contribution < 1.29 is 71.3 Å². The maximum Gasteiger partial charge on any atom is 0.472 e. The van der Waals surface area contributed by atoms with Gasteiger partial charge in [0.1, 0.15) is 19.3 Å². The zero-order valence-electron chi connectivity index (χ0n) is 55.1. The number of H-pyrrole nitrogens is 1. The number of anilines is 2. The molecule has 3 rings (SSSR count). The van der Waals surface area contributed by atoms with Gasteiger partial charge in [0.2, 0.25) is 11.9 Å². The second-order valence-corrected chi connectivity index (χ2v) is 24.6. The smallest absolute Gasteiger partial charge is 0.472 e. The van der Waals surface area contributed by atoms with Crippen molar-refractivity contribution in [3.8, 4) is 0 Å². The molecule has 0 aliphatic rings. The molecule has 1 aromatic carbocycles. The number of alkyl carbamates (subject to hydrolysis) is 1. The van der Waals surface area contributed by atoms with Gasteiger partial charge in [-0.15, -0.1) is 0 Å². The summed E-state index contributed by atoms with van der Waals surface area (Å²) in [4.78, 5) is 112. The molecule has 92 heavy (non-hydrogen) atoms. The number of nitrogen functional groups attached to an aromatic ring is 1. The number of benzene rings is 1. The first kappa shape index (κ1) is 81.8. The Balaban J connectivity index is 0.0000288. The Morgan fingerprint density at radius 3 is 1.68 bits per heavy atom. The SMILES string of the molecule is CCCCCCCCCCCCCCCCCC(=O)OCC(COP(=O)(O)OCCNC(=O)OCCOCCNC(=O)CCC(NC(=O)c1ccc(NCc2cnc3nc(N)[nH]c(=O)c3n2)cc1)C(=O)O)OC(=O)CCCCCCCCCCCCCCCCC.N. The first-order valence-corrected chi connectivity index (χ1v) is 35.2. The molecule has 522 valence electrons. The monoisotopic (exact) mass is 1320 g/mol. The van der Waals surface area contributed by atoms with Crippen LogP contribution < -0.4 is 38.7 Å². The number of carbonyl (C=O) groups excluding carboxylic acids is 5. The number of aliphatic carboxylic acids is 1. The molecular formula is C65H111N10O16P. The number of carboxylic acid groups (broad SMARTS) is 1. The maximum atomic E-state index is 12.9. The number of nitrogens with zero attached hydrogens (tertiary/aromatic N) is 3. The van der Waals surface area contributed by atoms with E-state index in [0.29, 0.717) is 24.2 Å². The Morgan fingerprint density at radius 2 is 1.14 bits per heavy atom. The molecule has 3 atom stereocenters. The minimum Gasteiger partial charge on any atom is -0.480 e. The molecule has 3 aromatic rings. The molecule has 0 radical (unpaired) electrons. The number of hydrogen-bond acceptors (Lipinski definition) is 20. The number of fused-ring (bicyclic) bond motifs is 1. The number of rotatable bonds is 57. The summed E-state index contributed by atoms with van der Waals surface area (Å²) >= 11 is 0. The number of aromatic nitrogens is 4. The van der Waals surface area contributed by atoms with Crippen molar-refractivity contribution in [1.82, 2.24) is 42.0 Å². The third-order valence-electron chi connectivity index (χ3n) is 15.1. The number of phosphoric acid groups is 1. The van der Waals surface area contributed by atoms with Crippen molar-refractivity contribution >= 4 is 66.4 Å². The first-order chi connectivity index (χ1) is 44.1. The fourth-order valence-electron chi connectivity index (χ4n) is 9.89. The van der Waals surface area contributed by atoms with E-state index in [1.165, 1.54) is 160 Å². The van der Waals surface area contributed by atoms with Crippen molar-refractivity contribution in [2.24, 2.45) is 0 Å². The number of nitrogens with two attached hydrogens (primary N) is 1. The number of carboxylic acids is 1. The van der Waals surface area contributed by atoms with Gasteiger partial charge in [0, 0.05) is 43.6 Å². The van der Waals surface area contributed by atoms with E-state index < -0.39 is 74.6 Å². The van der Waals surface area contributed by atoms with E-state index in [-0.39, 0.29) is 101 Å². The third kappa shape index (κ3) is 41.3. The van der Waals surface area contributed by atoms with Crippen LogP contribution in [0.3, 0.4) is 0 Å². The molecule has 0 fully saturated rings. The molecular weight excluding hydrogens is 1210 g/mol. The van der Waals surface area contributed by atoms with Crippen molar-refractivity contribution in [2.45, 2.75) is 251 Å². The fourth-order valence-corrected chi connectivity index (χ4v) is 10.6. The predicted octanol–water partition coefficient (Wildman–Crippen LogP) is 12.0. The maximum absolute atomic E-state index is 12.9.